The number of benzene rings is 2. The van der Waals surface area contributed by atoms with E-state index in [2.05, 4.69) is 10.3 Å². The summed E-state index contributed by atoms with van der Waals surface area (Å²) < 4.78 is 25.8. The molecule has 1 amide bonds. The van der Waals surface area contributed by atoms with Crippen molar-refractivity contribution in [1.29, 1.82) is 0 Å². The zero-order valence-corrected chi connectivity index (χ0v) is 19.1. The molecule has 6 nitrogen and oxygen atoms in total. The highest BCUT2D eigenvalue weighted by molar-refractivity contribution is 7.93. The third kappa shape index (κ3) is 4.65. The number of hydrogen-bond donors (Lipinski definition) is 1. The van der Waals surface area contributed by atoms with Crippen LogP contribution in [0.1, 0.15) is 16.8 Å². The standard InChI is InChI=1S/C21H16Cl3N3O3S/c22-14-8-13(19-4-1-2-5-25-19)9-15(10-14)26-21(28)17-11-16(12-18(23)20(17)24)27-6-3-7-31(27,29)30/h1-2,4-5,8-12H,3,6-7H2,(H,26,28). The molecule has 0 aliphatic carbocycles. The number of nitrogens with one attached hydrogen (secondary N) is 1. The van der Waals surface area contributed by atoms with Gasteiger partial charge in [0.1, 0.15) is 0 Å². The number of hydrogen-bond acceptors (Lipinski definition) is 4. The van der Waals surface area contributed by atoms with E-state index >= 15 is 0 Å². The Morgan fingerprint density at radius 2 is 1.87 bits per heavy atom. The summed E-state index contributed by atoms with van der Waals surface area (Å²) >= 11 is 18.7. The highest BCUT2D eigenvalue weighted by atomic mass is 35.5. The molecule has 0 bridgehead atoms. The number of sulfonamides is 1. The smallest absolute Gasteiger partial charge is 0.257 e. The van der Waals surface area contributed by atoms with Crippen molar-refractivity contribution in [1.82, 2.24) is 4.98 Å². The second-order valence-electron chi connectivity index (χ2n) is 6.93. The van der Waals surface area contributed by atoms with Gasteiger partial charge in [0, 0.05) is 29.0 Å². The minimum Gasteiger partial charge on any atom is -0.322 e. The van der Waals surface area contributed by atoms with E-state index in [4.69, 9.17) is 34.8 Å². The molecule has 0 atom stereocenters. The van der Waals surface area contributed by atoms with Crippen molar-refractivity contribution in [2.24, 2.45) is 0 Å². The molecule has 1 saturated heterocycles. The van der Waals surface area contributed by atoms with Crippen molar-refractivity contribution in [2.45, 2.75) is 6.42 Å². The first-order valence-corrected chi connectivity index (χ1v) is 12.0. The van der Waals surface area contributed by atoms with Gasteiger partial charge in [-0.15, -0.1) is 0 Å². The largest absolute Gasteiger partial charge is 0.322 e. The highest BCUT2D eigenvalue weighted by Gasteiger charge is 2.30. The zero-order chi connectivity index (χ0) is 22.2. The molecule has 3 aromatic rings. The van der Waals surface area contributed by atoms with Crippen LogP contribution in [0, 0.1) is 0 Å². The van der Waals surface area contributed by atoms with Crippen LogP contribution in [-0.4, -0.2) is 31.6 Å². The third-order valence-corrected chi connectivity index (χ3v) is 7.65. The van der Waals surface area contributed by atoms with Gasteiger partial charge in [0.25, 0.3) is 5.91 Å². The number of carbonyl (C=O) groups excluding carboxylic acids is 1. The van der Waals surface area contributed by atoms with Crippen LogP contribution in [0.2, 0.25) is 15.1 Å². The Morgan fingerprint density at radius 1 is 1.06 bits per heavy atom. The first-order valence-electron chi connectivity index (χ1n) is 9.27. The normalized spacial score (nSPS) is 15.1. The van der Waals surface area contributed by atoms with Crippen molar-refractivity contribution in [3.63, 3.8) is 0 Å². The van der Waals surface area contributed by atoms with Crippen molar-refractivity contribution >= 4 is 62.1 Å². The Hall–Kier alpha value is -2.32. The number of nitrogens with zero attached hydrogens (tertiary/aromatic N) is 2. The Kier molecular flexibility index (Phi) is 6.12. The average molecular weight is 497 g/mol. The molecule has 160 valence electrons. The lowest BCUT2D eigenvalue weighted by Crippen LogP contribution is -2.25. The zero-order valence-electron chi connectivity index (χ0n) is 16.0. The van der Waals surface area contributed by atoms with E-state index in [0.717, 1.165) is 5.56 Å². The van der Waals surface area contributed by atoms with Crippen LogP contribution >= 0.6 is 34.8 Å². The molecule has 0 spiro atoms. The van der Waals surface area contributed by atoms with Crippen molar-refractivity contribution in [3.05, 3.63) is 75.4 Å². The highest BCUT2D eigenvalue weighted by Crippen LogP contribution is 2.35. The molecular weight excluding hydrogens is 481 g/mol. The molecule has 1 fully saturated rings. The minimum atomic E-state index is -3.44. The summed E-state index contributed by atoms with van der Waals surface area (Å²) in [6.45, 7) is 0.323. The van der Waals surface area contributed by atoms with Gasteiger partial charge in [0.15, 0.2) is 0 Å². The summed E-state index contributed by atoms with van der Waals surface area (Å²) in [4.78, 5) is 17.3. The van der Waals surface area contributed by atoms with Crippen LogP contribution < -0.4 is 9.62 Å². The predicted octanol–water partition coefficient (Wildman–Crippen LogP) is 5.50. The van der Waals surface area contributed by atoms with Crippen LogP contribution in [0.3, 0.4) is 0 Å². The quantitative estimate of drug-likeness (QED) is 0.517. The van der Waals surface area contributed by atoms with Crippen LogP contribution in [-0.2, 0) is 10.0 Å². The monoisotopic (exact) mass is 495 g/mol. The summed E-state index contributed by atoms with van der Waals surface area (Å²) in [5, 5.41) is 3.29. The summed E-state index contributed by atoms with van der Waals surface area (Å²) in [5.74, 6) is -0.493. The van der Waals surface area contributed by atoms with E-state index in [1.165, 1.54) is 16.4 Å². The average Bonchev–Trinajstić information content (AvgIpc) is 3.09. The minimum absolute atomic E-state index is 0.0338. The van der Waals surface area contributed by atoms with E-state index in [1.54, 1.807) is 30.5 Å². The summed E-state index contributed by atoms with van der Waals surface area (Å²) in [7, 11) is -3.44. The van der Waals surface area contributed by atoms with Crippen LogP contribution in [0.5, 0.6) is 0 Å². The van der Waals surface area contributed by atoms with Gasteiger partial charge in [-0.05, 0) is 48.9 Å². The van der Waals surface area contributed by atoms with Crippen molar-refractivity contribution in [2.75, 3.05) is 21.9 Å². The van der Waals surface area contributed by atoms with E-state index in [0.29, 0.717) is 35.1 Å². The Bertz CT molecular complexity index is 1270. The fourth-order valence-electron chi connectivity index (χ4n) is 3.36. The number of carbonyl (C=O) groups is 1. The second kappa shape index (κ2) is 8.67. The van der Waals surface area contributed by atoms with Gasteiger partial charge in [0.2, 0.25) is 10.0 Å². The molecule has 0 radical (unpaired) electrons. The summed E-state index contributed by atoms with van der Waals surface area (Å²) in [6.07, 6.45) is 2.16. The van der Waals surface area contributed by atoms with Gasteiger partial charge in [-0.25, -0.2) is 8.42 Å². The predicted molar refractivity (Wildman–Crippen MR) is 125 cm³/mol. The topological polar surface area (TPSA) is 79.4 Å². The second-order valence-corrected chi connectivity index (χ2v) is 10.2. The number of pyridine rings is 1. The molecule has 0 unspecified atom stereocenters. The van der Waals surface area contributed by atoms with E-state index in [9.17, 15) is 13.2 Å². The van der Waals surface area contributed by atoms with Gasteiger partial charge >= 0.3 is 0 Å². The third-order valence-electron chi connectivity index (χ3n) is 4.76. The fourth-order valence-corrected chi connectivity index (χ4v) is 5.55. The maximum absolute atomic E-state index is 13.0. The molecule has 1 aliphatic rings. The molecular formula is C21H16Cl3N3O3S. The lowest BCUT2D eigenvalue weighted by atomic mass is 10.1. The number of amides is 1. The Labute approximate surface area is 194 Å². The maximum atomic E-state index is 13.0. The molecule has 0 saturated carbocycles. The molecule has 31 heavy (non-hydrogen) atoms. The number of anilines is 2. The molecule has 2 heterocycles. The molecule has 2 aromatic carbocycles. The summed E-state index contributed by atoms with van der Waals surface area (Å²) in [5.41, 5.74) is 2.22. The van der Waals surface area contributed by atoms with E-state index in [-0.39, 0.29) is 21.4 Å². The van der Waals surface area contributed by atoms with Crippen LogP contribution in [0.25, 0.3) is 11.3 Å². The van der Waals surface area contributed by atoms with Gasteiger partial charge in [-0.3, -0.25) is 14.1 Å². The van der Waals surface area contributed by atoms with Gasteiger partial charge in [0.05, 0.1) is 32.7 Å². The van der Waals surface area contributed by atoms with Crippen LogP contribution in [0.15, 0.2) is 54.7 Å². The lowest BCUT2D eigenvalue weighted by Gasteiger charge is -2.19. The number of rotatable bonds is 4. The molecule has 4 rings (SSSR count). The molecule has 1 aliphatic heterocycles. The lowest BCUT2D eigenvalue weighted by molar-refractivity contribution is 0.102. The number of aromatic nitrogens is 1. The fraction of sp³-hybridized carbons (Fsp3) is 0.143. The summed E-state index contributed by atoms with van der Waals surface area (Å²) in [6, 6.07) is 13.4. The van der Waals surface area contributed by atoms with Gasteiger partial charge < -0.3 is 5.32 Å². The maximum Gasteiger partial charge on any atom is 0.257 e. The van der Waals surface area contributed by atoms with Crippen molar-refractivity contribution < 1.29 is 13.2 Å². The molecule has 1 aromatic heterocycles. The number of halogens is 3. The Morgan fingerprint density at radius 3 is 2.55 bits per heavy atom. The Balaban J connectivity index is 1.67. The van der Waals surface area contributed by atoms with Gasteiger partial charge in [-0.1, -0.05) is 40.9 Å². The van der Waals surface area contributed by atoms with Crippen LogP contribution in [0.4, 0.5) is 11.4 Å². The SMILES string of the molecule is O=C(Nc1cc(Cl)cc(-c2ccccn2)c1)c1cc(N2CCCS2(=O)=O)cc(Cl)c1Cl. The van der Waals surface area contributed by atoms with Crippen molar-refractivity contribution in [3.8, 4) is 11.3 Å². The molecule has 1 N–H and O–H groups in total. The van der Waals surface area contributed by atoms with E-state index in [1.807, 2.05) is 12.1 Å². The van der Waals surface area contributed by atoms with E-state index < -0.39 is 15.9 Å². The first-order chi connectivity index (χ1) is 14.7. The molecule has 10 heteroatoms. The first kappa shape index (κ1) is 21.9. The van der Waals surface area contributed by atoms with Gasteiger partial charge in [-0.2, -0.15) is 0 Å².